The number of methoxy groups -OCH3 is 1. The van der Waals surface area contributed by atoms with Gasteiger partial charge in [-0.2, -0.15) is 4.31 Å². The minimum absolute atomic E-state index is 0.196. The molecular weight excluding hydrogens is 398 g/mol. The molecule has 1 aromatic carbocycles. The number of nitrogens with one attached hydrogen (secondary N) is 1. The van der Waals surface area contributed by atoms with E-state index >= 15 is 0 Å². The highest BCUT2D eigenvalue weighted by molar-refractivity contribution is 7.89. The molecule has 0 bridgehead atoms. The molecule has 1 aromatic rings. The Hall–Kier alpha value is -1.42. The Kier molecular flexibility index (Phi) is 7.63. The third-order valence-corrected chi connectivity index (χ3v) is 6.55. The highest BCUT2D eigenvalue weighted by atomic mass is 35.5. The summed E-state index contributed by atoms with van der Waals surface area (Å²) in [5.74, 6) is -0.252. The van der Waals surface area contributed by atoms with Gasteiger partial charge in [-0.1, -0.05) is 17.7 Å². The normalized spacial score (nSPS) is 15.5. The van der Waals surface area contributed by atoms with Gasteiger partial charge in [0.05, 0.1) is 12.0 Å². The molecule has 0 atom stereocenters. The predicted octanol–water partition coefficient (Wildman–Crippen LogP) is 1.47. The summed E-state index contributed by atoms with van der Waals surface area (Å²) in [6.45, 7) is 2.26. The molecule has 0 saturated carbocycles. The van der Waals surface area contributed by atoms with Crippen molar-refractivity contribution in [3.8, 4) is 0 Å². The topological polar surface area (TPSA) is 79.0 Å². The van der Waals surface area contributed by atoms with Crippen LogP contribution < -0.4 is 5.32 Å². The van der Waals surface area contributed by atoms with Crippen molar-refractivity contribution in [2.75, 3.05) is 39.8 Å². The van der Waals surface area contributed by atoms with Crippen LogP contribution in [0, 0.1) is 0 Å². The Labute approximate surface area is 164 Å². The average Bonchev–Trinajstić information content (AvgIpc) is 2.65. The first kappa shape index (κ1) is 20.9. The van der Waals surface area contributed by atoms with Crippen molar-refractivity contribution < 1.29 is 17.9 Å². The minimum atomic E-state index is -3.56. The van der Waals surface area contributed by atoms with Crippen molar-refractivity contribution in [2.24, 2.45) is 0 Å². The molecule has 0 radical (unpaired) electrons. The maximum absolute atomic E-state index is 12.7. The van der Waals surface area contributed by atoms with Gasteiger partial charge in [-0.3, -0.25) is 4.79 Å². The summed E-state index contributed by atoms with van der Waals surface area (Å²) in [4.78, 5) is 13.2. The number of carbonyl (C=O) groups is 1. The van der Waals surface area contributed by atoms with E-state index in [1.807, 2.05) is 4.90 Å². The van der Waals surface area contributed by atoms with Gasteiger partial charge in [-0.25, -0.2) is 8.42 Å². The predicted molar refractivity (Wildman–Crippen MR) is 104 cm³/mol. The van der Waals surface area contributed by atoms with E-state index in [0.717, 1.165) is 0 Å². The van der Waals surface area contributed by atoms with Gasteiger partial charge in [-0.05, 0) is 36.8 Å². The summed E-state index contributed by atoms with van der Waals surface area (Å²) < 4.78 is 31.4. The SMILES string of the molecule is COC(=O)CCCNC(=S)N1CCN(S(=O)(=O)c2cccc(Cl)c2)CC1. The number of hydrogen-bond acceptors (Lipinski definition) is 5. The molecule has 1 fully saturated rings. The Morgan fingerprint density at radius 3 is 2.62 bits per heavy atom. The third kappa shape index (κ3) is 5.54. The number of carbonyl (C=O) groups excluding carboxylic acids is 1. The molecule has 1 aliphatic rings. The molecule has 0 aromatic heterocycles. The molecule has 0 spiro atoms. The average molecular weight is 420 g/mol. The summed E-state index contributed by atoms with van der Waals surface area (Å²) in [6, 6.07) is 6.26. The Bertz CT molecular complexity index is 750. The minimum Gasteiger partial charge on any atom is -0.469 e. The number of hydrogen-bond donors (Lipinski definition) is 1. The zero-order valence-electron chi connectivity index (χ0n) is 14.5. The lowest BCUT2D eigenvalue weighted by atomic mass is 10.3. The van der Waals surface area contributed by atoms with Gasteiger partial charge in [0.2, 0.25) is 10.0 Å². The Balaban J connectivity index is 1.83. The molecule has 0 unspecified atom stereocenters. The molecular formula is C16H22ClN3O4S2. The molecule has 0 amide bonds. The first-order chi connectivity index (χ1) is 12.3. The van der Waals surface area contributed by atoms with Crippen LogP contribution in [0.25, 0.3) is 0 Å². The van der Waals surface area contributed by atoms with Gasteiger partial charge in [0.25, 0.3) is 0 Å². The lowest BCUT2D eigenvalue weighted by Gasteiger charge is -2.35. The lowest BCUT2D eigenvalue weighted by molar-refractivity contribution is -0.140. The summed E-state index contributed by atoms with van der Waals surface area (Å²) in [5, 5.41) is 4.04. The molecule has 1 aliphatic heterocycles. The highest BCUT2D eigenvalue weighted by Gasteiger charge is 2.29. The summed E-state index contributed by atoms with van der Waals surface area (Å²) >= 11 is 11.2. The van der Waals surface area contributed by atoms with E-state index in [-0.39, 0.29) is 10.9 Å². The van der Waals surface area contributed by atoms with E-state index in [4.69, 9.17) is 23.8 Å². The van der Waals surface area contributed by atoms with Gasteiger partial charge >= 0.3 is 5.97 Å². The number of piperazine rings is 1. The second-order valence-electron chi connectivity index (χ2n) is 5.76. The fraction of sp³-hybridized carbons (Fsp3) is 0.500. The van der Waals surface area contributed by atoms with E-state index in [2.05, 4.69) is 10.1 Å². The third-order valence-electron chi connectivity index (χ3n) is 4.02. The number of sulfonamides is 1. The Morgan fingerprint density at radius 1 is 1.31 bits per heavy atom. The number of halogens is 1. The van der Waals surface area contributed by atoms with Gasteiger partial charge < -0.3 is 15.0 Å². The molecule has 2 rings (SSSR count). The zero-order valence-corrected chi connectivity index (χ0v) is 16.9. The summed E-state index contributed by atoms with van der Waals surface area (Å²) in [5.41, 5.74) is 0. The second kappa shape index (κ2) is 9.50. The number of thiocarbonyl (C=S) groups is 1. The lowest BCUT2D eigenvalue weighted by Crippen LogP contribution is -2.53. The van der Waals surface area contributed by atoms with Gasteiger partial charge in [0.15, 0.2) is 5.11 Å². The van der Waals surface area contributed by atoms with Crippen LogP contribution in [0.15, 0.2) is 29.2 Å². The van der Waals surface area contributed by atoms with Crippen LogP contribution in [0.2, 0.25) is 5.02 Å². The maximum atomic E-state index is 12.7. The van der Waals surface area contributed by atoms with Gasteiger partial charge in [0.1, 0.15) is 0 Å². The van der Waals surface area contributed by atoms with E-state index in [0.29, 0.717) is 55.7 Å². The number of rotatable bonds is 6. The van der Waals surface area contributed by atoms with Crippen molar-refractivity contribution in [1.29, 1.82) is 0 Å². The van der Waals surface area contributed by atoms with E-state index in [9.17, 15) is 13.2 Å². The molecule has 10 heteroatoms. The summed E-state index contributed by atoms with van der Waals surface area (Å²) in [7, 11) is -2.20. The van der Waals surface area contributed by atoms with E-state index < -0.39 is 10.0 Å². The smallest absolute Gasteiger partial charge is 0.305 e. The van der Waals surface area contributed by atoms with Crippen LogP contribution in [0.3, 0.4) is 0 Å². The molecule has 0 aliphatic carbocycles. The van der Waals surface area contributed by atoms with Crippen molar-refractivity contribution in [2.45, 2.75) is 17.7 Å². The molecule has 26 heavy (non-hydrogen) atoms. The van der Waals surface area contributed by atoms with E-state index in [1.165, 1.54) is 17.5 Å². The molecule has 1 N–H and O–H groups in total. The van der Waals surface area contributed by atoms with Gasteiger partial charge in [0, 0.05) is 44.2 Å². The van der Waals surface area contributed by atoms with Crippen LogP contribution in [-0.4, -0.2) is 68.5 Å². The molecule has 144 valence electrons. The fourth-order valence-electron chi connectivity index (χ4n) is 2.55. The standard InChI is InChI=1S/C16H22ClN3O4S2/c1-24-15(21)6-3-7-18-16(25)19-8-10-20(11-9-19)26(22,23)14-5-2-4-13(17)12-14/h2,4-5,12H,3,6-11H2,1H3,(H,18,25). The fourth-order valence-corrected chi connectivity index (χ4v) is 4.56. The highest BCUT2D eigenvalue weighted by Crippen LogP contribution is 2.20. The van der Waals surface area contributed by atoms with Crippen molar-refractivity contribution in [3.05, 3.63) is 29.3 Å². The first-order valence-electron chi connectivity index (χ1n) is 8.20. The first-order valence-corrected chi connectivity index (χ1v) is 10.4. The number of nitrogens with zero attached hydrogens (tertiary/aromatic N) is 2. The largest absolute Gasteiger partial charge is 0.469 e. The van der Waals surface area contributed by atoms with Crippen molar-refractivity contribution >= 4 is 44.9 Å². The quantitative estimate of drug-likeness (QED) is 0.425. The van der Waals surface area contributed by atoms with Crippen molar-refractivity contribution in [3.63, 3.8) is 0 Å². The van der Waals surface area contributed by atoms with Crippen LogP contribution in [0.4, 0.5) is 0 Å². The summed E-state index contributed by atoms with van der Waals surface area (Å²) in [6.07, 6.45) is 0.952. The molecule has 1 heterocycles. The number of benzene rings is 1. The molecule has 7 nitrogen and oxygen atoms in total. The van der Waals surface area contributed by atoms with Gasteiger partial charge in [-0.15, -0.1) is 0 Å². The van der Waals surface area contributed by atoms with Crippen molar-refractivity contribution in [1.82, 2.24) is 14.5 Å². The second-order valence-corrected chi connectivity index (χ2v) is 8.52. The molecule has 1 saturated heterocycles. The van der Waals surface area contributed by atoms with Crippen LogP contribution >= 0.6 is 23.8 Å². The van der Waals surface area contributed by atoms with Crippen LogP contribution in [-0.2, 0) is 19.6 Å². The Morgan fingerprint density at radius 2 is 2.00 bits per heavy atom. The number of esters is 1. The maximum Gasteiger partial charge on any atom is 0.305 e. The number of ether oxygens (including phenoxy) is 1. The monoisotopic (exact) mass is 419 g/mol. The van der Waals surface area contributed by atoms with Crippen LogP contribution in [0.5, 0.6) is 0 Å². The van der Waals surface area contributed by atoms with E-state index in [1.54, 1.807) is 18.2 Å². The zero-order chi connectivity index (χ0) is 19.2. The van der Waals surface area contributed by atoms with Crippen LogP contribution in [0.1, 0.15) is 12.8 Å².